The van der Waals surface area contributed by atoms with E-state index in [1.807, 2.05) is 45.0 Å². The number of hydrogen-bond acceptors (Lipinski definition) is 4. The van der Waals surface area contributed by atoms with Gasteiger partial charge in [-0.15, -0.1) is 0 Å². The summed E-state index contributed by atoms with van der Waals surface area (Å²) in [7, 11) is 4.25. The molecule has 1 unspecified atom stereocenters. The average Bonchev–Trinajstić information content (AvgIpc) is 2.67. The number of hydrogen-bond donors (Lipinski definition) is 3. The van der Waals surface area contributed by atoms with Crippen molar-refractivity contribution in [1.82, 2.24) is 15.5 Å². The van der Waals surface area contributed by atoms with E-state index in [0.717, 1.165) is 36.8 Å². The molecule has 0 bridgehead atoms. The van der Waals surface area contributed by atoms with Gasteiger partial charge < -0.3 is 25.4 Å². The fraction of sp³-hybridized carbons (Fsp3) is 0.696. The van der Waals surface area contributed by atoms with Crippen molar-refractivity contribution in [3.05, 3.63) is 29.8 Å². The van der Waals surface area contributed by atoms with Crippen LogP contribution in [0.2, 0.25) is 0 Å². The molecule has 6 heteroatoms. The molecule has 0 saturated heterocycles. The van der Waals surface area contributed by atoms with Gasteiger partial charge in [0.25, 0.3) is 0 Å². The third-order valence-corrected chi connectivity index (χ3v) is 4.48. The van der Waals surface area contributed by atoms with Crippen LogP contribution in [0, 0.1) is 0 Å². The maximum atomic E-state index is 10.4. The van der Waals surface area contributed by atoms with Crippen LogP contribution in [0.4, 0.5) is 0 Å². The first-order valence-corrected chi connectivity index (χ1v) is 11.0. The van der Waals surface area contributed by atoms with E-state index in [9.17, 15) is 5.11 Å². The van der Waals surface area contributed by atoms with Crippen LogP contribution in [0.5, 0.6) is 5.75 Å². The summed E-state index contributed by atoms with van der Waals surface area (Å²) in [4.78, 5) is 6.77. The fourth-order valence-electron chi connectivity index (χ4n) is 2.96. The van der Waals surface area contributed by atoms with Crippen LogP contribution in [0.1, 0.15) is 64.5 Å². The van der Waals surface area contributed by atoms with Crippen molar-refractivity contribution < 1.29 is 9.84 Å². The van der Waals surface area contributed by atoms with Crippen LogP contribution in [0.3, 0.4) is 0 Å². The molecule has 0 radical (unpaired) electrons. The number of aliphatic imine (C=N–C) groups is 1. The molecule has 3 N–H and O–H groups in total. The Balaban J connectivity index is 2.34. The van der Waals surface area contributed by atoms with Crippen molar-refractivity contribution in [2.75, 3.05) is 40.3 Å². The fourth-order valence-corrected chi connectivity index (χ4v) is 2.96. The second-order valence-corrected chi connectivity index (χ2v) is 7.97. The average molecular weight is 407 g/mol. The normalized spacial score (nSPS) is 13.0. The lowest BCUT2D eigenvalue weighted by Gasteiger charge is -2.14. The molecule has 0 aromatic heterocycles. The van der Waals surface area contributed by atoms with E-state index in [2.05, 4.69) is 34.6 Å². The molecule has 0 aliphatic rings. The second kappa shape index (κ2) is 15.1. The molecule has 166 valence electrons. The Morgan fingerprint density at radius 1 is 1.03 bits per heavy atom. The highest BCUT2D eigenvalue weighted by atomic mass is 16.5. The van der Waals surface area contributed by atoms with Crippen molar-refractivity contribution in [2.24, 2.45) is 4.99 Å². The minimum Gasteiger partial charge on any atom is -0.491 e. The Bertz CT molecular complexity index is 559. The summed E-state index contributed by atoms with van der Waals surface area (Å²) in [6, 6.07) is 7.58. The highest BCUT2D eigenvalue weighted by Crippen LogP contribution is 2.19. The molecule has 0 saturated carbocycles. The van der Waals surface area contributed by atoms with Gasteiger partial charge in [0.2, 0.25) is 0 Å². The molecule has 0 spiro atoms. The Morgan fingerprint density at radius 3 is 2.31 bits per heavy atom. The number of rotatable bonds is 14. The summed E-state index contributed by atoms with van der Waals surface area (Å²) in [5.41, 5.74) is 0.846. The maximum absolute atomic E-state index is 10.4. The number of aliphatic hydroxyl groups excluding tert-OH is 1. The zero-order chi connectivity index (χ0) is 21.5. The van der Waals surface area contributed by atoms with Crippen LogP contribution in [-0.2, 0) is 0 Å². The van der Waals surface area contributed by atoms with E-state index in [4.69, 9.17) is 4.74 Å². The van der Waals surface area contributed by atoms with Gasteiger partial charge in [0.05, 0.1) is 18.8 Å². The highest BCUT2D eigenvalue weighted by molar-refractivity contribution is 5.79. The van der Waals surface area contributed by atoms with Gasteiger partial charge in [-0.2, -0.15) is 0 Å². The van der Waals surface area contributed by atoms with Crippen LogP contribution in [0.25, 0.3) is 0 Å². The van der Waals surface area contributed by atoms with Gasteiger partial charge >= 0.3 is 0 Å². The maximum Gasteiger partial charge on any atom is 0.191 e. The Morgan fingerprint density at radius 2 is 1.69 bits per heavy atom. The number of aliphatic hydroxyl groups is 1. The summed E-state index contributed by atoms with van der Waals surface area (Å²) in [6.45, 7) is 9.24. The Kier molecular flexibility index (Phi) is 13.1. The van der Waals surface area contributed by atoms with Crippen LogP contribution >= 0.6 is 0 Å². The molecule has 0 amide bonds. The van der Waals surface area contributed by atoms with E-state index in [0.29, 0.717) is 6.54 Å². The largest absolute Gasteiger partial charge is 0.491 e. The number of benzene rings is 1. The summed E-state index contributed by atoms with van der Waals surface area (Å²) in [5, 5.41) is 17.0. The zero-order valence-corrected chi connectivity index (χ0v) is 19.1. The van der Waals surface area contributed by atoms with Gasteiger partial charge in [-0.1, -0.05) is 31.4 Å². The Hall–Kier alpha value is -1.79. The molecular formula is C23H42N4O2. The lowest BCUT2D eigenvalue weighted by molar-refractivity contribution is 0.186. The van der Waals surface area contributed by atoms with Crippen molar-refractivity contribution in [3.63, 3.8) is 0 Å². The summed E-state index contributed by atoms with van der Waals surface area (Å²) in [5.74, 6) is 1.58. The molecule has 1 aromatic carbocycles. The minimum absolute atomic E-state index is 0.141. The topological polar surface area (TPSA) is 69.1 Å². The third kappa shape index (κ3) is 12.4. The number of nitrogens with zero attached hydrogens (tertiary/aromatic N) is 2. The van der Waals surface area contributed by atoms with Gasteiger partial charge in [0, 0.05) is 13.1 Å². The summed E-state index contributed by atoms with van der Waals surface area (Å²) >= 11 is 0. The third-order valence-electron chi connectivity index (χ3n) is 4.48. The number of guanidine groups is 1. The monoisotopic (exact) mass is 406 g/mol. The highest BCUT2D eigenvalue weighted by Gasteiger charge is 2.08. The van der Waals surface area contributed by atoms with Crippen molar-refractivity contribution in [3.8, 4) is 5.75 Å². The molecule has 1 rings (SSSR count). The van der Waals surface area contributed by atoms with Gasteiger partial charge in [0.1, 0.15) is 5.75 Å². The molecule has 1 aromatic rings. The van der Waals surface area contributed by atoms with Crippen molar-refractivity contribution in [1.29, 1.82) is 0 Å². The number of nitrogens with one attached hydrogen (secondary N) is 2. The first kappa shape index (κ1) is 25.2. The Labute approximate surface area is 177 Å². The van der Waals surface area contributed by atoms with Crippen LogP contribution < -0.4 is 15.4 Å². The van der Waals surface area contributed by atoms with Crippen LogP contribution in [-0.4, -0.2) is 62.3 Å². The zero-order valence-electron chi connectivity index (χ0n) is 19.1. The quantitative estimate of drug-likeness (QED) is 0.250. The lowest BCUT2D eigenvalue weighted by Crippen LogP contribution is -2.38. The SMILES string of the molecule is CCNC(=NCC(O)c1ccc(OC(C)C)cc1)NCCCCCCCN(C)C. The number of ether oxygens (including phenoxy) is 1. The molecular weight excluding hydrogens is 364 g/mol. The standard InChI is InChI=1S/C23H42N4O2/c1-6-24-23(25-16-10-8-7-9-11-17-27(4)5)26-18-22(28)20-12-14-21(15-13-20)29-19(2)3/h12-15,19,22,28H,6-11,16-18H2,1-5H3,(H2,24,25,26). The smallest absolute Gasteiger partial charge is 0.191 e. The molecule has 0 heterocycles. The molecule has 0 aliphatic carbocycles. The molecule has 0 aliphatic heterocycles. The van der Waals surface area contributed by atoms with E-state index in [1.54, 1.807) is 0 Å². The van der Waals surface area contributed by atoms with E-state index in [-0.39, 0.29) is 6.10 Å². The van der Waals surface area contributed by atoms with E-state index >= 15 is 0 Å². The predicted molar refractivity (Wildman–Crippen MR) is 123 cm³/mol. The van der Waals surface area contributed by atoms with Gasteiger partial charge in [-0.25, -0.2) is 0 Å². The molecule has 6 nitrogen and oxygen atoms in total. The first-order chi connectivity index (χ1) is 13.9. The second-order valence-electron chi connectivity index (χ2n) is 7.97. The van der Waals surface area contributed by atoms with Crippen molar-refractivity contribution in [2.45, 2.75) is 65.1 Å². The van der Waals surface area contributed by atoms with Gasteiger partial charge in [-0.3, -0.25) is 4.99 Å². The molecule has 0 fully saturated rings. The lowest BCUT2D eigenvalue weighted by atomic mass is 10.1. The van der Waals surface area contributed by atoms with E-state index in [1.165, 1.54) is 32.2 Å². The van der Waals surface area contributed by atoms with Gasteiger partial charge in [-0.05, 0) is 71.9 Å². The first-order valence-electron chi connectivity index (χ1n) is 11.0. The predicted octanol–water partition coefficient (Wildman–Crippen LogP) is 3.57. The molecule has 29 heavy (non-hydrogen) atoms. The van der Waals surface area contributed by atoms with Crippen LogP contribution in [0.15, 0.2) is 29.3 Å². The molecule has 1 atom stereocenters. The van der Waals surface area contributed by atoms with E-state index < -0.39 is 6.10 Å². The summed E-state index contributed by atoms with van der Waals surface area (Å²) in [6.07, 6.45) is 5.71. The van der Waals surface area contributed by atoms with Gasteiger partial charge in [0.15, 0.2) is 5.96 Å². The number of unbranched alkanes of at least 4 members (excludes halogenated alkanes) is 4. The summed E-state index contributed by atoms with van der Waals surface area (Å²) < 4.78 is 5.64. The minimum atomic E-state index is -0.629. The van der Waals surface area contributed by atoms with Crippen molar-refractivity contribution >= 4 is 5.96 Å².